The van der Waals surface area contributed by atoms with Gasteiger partial charge in [-0.25, -0.2) is 8.78 Å². The molecule has 2 aromatic rings. The monoisotopic (exact) mass is 386 g/mol. The highest BCUT2D eigenvalue weighted by Crippen LogP contribution is 2.36. The van der Waals surface area contributed by atoms with E-state index >= 15 is 0 Å². The Bertz CT molecular complexity index is 852. The third-order valence-electron chi connectivity index (χ3n) is 3.65. The molecule has 0 saturated carbocycles. The van der Waals surface area contributed by atoms with E-state index in [1.165, 1.54) is 12.1 Å². The van der Waals surface area contributed by atoms with Gasteiger partial charge in [0, 0.05) is 31.6 Å². The van der Waals surface area contributed by atoms with Crippen molar-refractivity contribution in [3.8, 4) is 0 Å². The Morgan fingerprint density at radius 3 is 2.30 bits per heavy atom. The summed E-state index contributed by atoms with van der Waals surface area (Å²) < 4.78 is 65.5. The predicted molar refractivity (Wildman–Crippen MR) is 89.1 cm³/mol. The lowest BCUT2D eigenvalue weighted by Crippen LogP contribution is -2.33. The molecule has 0 aliphatic heterocycles. The van der Waals surface area contributed by atoms with Crippen molar-refractivity contribution < 1.29 is 31.5 Å². The van der Waals surface area contributed by atoms with E-state index in [9.17, 15) is 31.5 Å². The minimum atomic E-state index is -4.67. The van der Waals surface area contributed by atoms with Crippen molar-refractivity contribution in [2.24, 2.45) is 0 Å². The average molecular weight is 386 g/mol. The number of nitrogens with zero attached hydrogens (tertiary/aromatic N) is 1. The van der Waals surface area contributed by atoms with Crippen LogP contribution in [0.25, 0.3) is 0 Å². The van der Waals surface area contributed by atoms with Crippen LogP contribution >= 0.6 is 0 Å². The number of alkyl halides is 3. The molecule has 27 heavy (non-hydrogen) atoms. The summed E-state index contributed by atoms with van der Waals surface area (Å²) >= 11 is 0. The summed E-state index contributed by atoms with van der Waals surface area (Å²) in [5, 5.41) is 2.29. The molecule has 0 saturated heterocycles. The molecule has 0 atom stereocenters. The van der Waals surface area contributed by atoms with Crippen molar-refractivity contribution in [1.82, 2.24) is 0 Å². The van der Waals surface area contributed by atoms with Gasteiger partial charge in [-0.3, -0.25) is 9.59 Å². The molecule has 2 amide bonds. The van der Waals surface area contributed by atoms with Crippen molar-refractivity contribution in [1.29, 1.82) is 0 Å². The first-order valence-electron chi connectivity index (χ1n) is 7.79. The van der Waals surface area contributed by atoms with Gasteiger partial charge in [-0.2, -0.15) is 13.2 Å². The Labute approximate surface area is 151 Å². The maximum atomic E-state index is 13.1. The van der Waals surface area contributed by atoms with Gasteiger partial charge in [0.2, 0.25) is 11.8 Å². The SMILES string of the molecule is CC(=O)N(CCC(=O)Nc1ccc(F)c(F)c1)c1ccccc1C(F)(F)F. The molecule has 0 heterocycles. The quantitative estimate of drug-likeness (QED) is 0.776. The number of carbonyl (C=O) groups excluding carboxylic acids is 2. The molecular weight excluding hydrogens is 371 g/mol. The molecule has 0 unspecified atom stereocenters. The lowest BCUT2D eigenvalue weighted by Gasteiger charge is -2.24. The molecule has 0 bridgehead atoms. The predicted octanol–water partition coefficient (Wildman–Crippen LogP) is 4.37. The van der Waals surface area contributed by atoms with Gasteiger partial charge >= 0.3 is 6.18 Å². The second-order valence-electron chi connectivity index (χ2n) is 5.61. The minimum absolute atomic E-state index is 0.0102. The van der Waals surface area contributed by atoms with Crippen LogP contribution in [-0.4, -0.2) is 18.4 Å². The van der Waals surface area contributed by atoms with Gasteiger partial charge in [-0.1, -0.05) is 12.1 Å². The number of hydrogen-bond acceptors (Lipinski definition) is 2. The van der Waals surface area contributed by atoms with Crippen molar-refractivity contribution in [2.75, 3.05) is 16.8 Å². The first-order chi connectivity index (χ1) is 12.6. The van der Waals surface area contributed by atoms with Crippen molar-refractivity contribution in [3.63, 3.8) is 0 Å². The van der Waals surface area contributed by atoms with Gasteiger partial charge in [0.15, 0.2) is 11.6 Å². The van der Waals surface area contributed by atoms with Gasteiger partial charge in [0.25, 0.3) is 0 Å². The molecule has 0 fully saturated rings. The Morgan fingerprint density at radius 1 is 1.04 bits per heavy atom. The lowest BCUT2D eigenvalue weighted by atomic mass is 10.1. The minimum Gasteiger partial charge on any atom is -0.326 e. The maximum absolute atomic E-state index is 13.1. The van der Waals surface area contributed by atoms with Gasteiger partial charge in [-0.05, 0) is 24.3 Å². The van der Waals surface area contributed by atoms with Crippen LogP contribution in [0.1, 0.15) is 18.9 Å². The van der Waals surface area contributed by atoms with E-state index in [4.69, 9.17) is 0 Å². The number of hydrogen-bond donors (Lipinski definition) is 1. The smallest absolute Gasteiger partial charge is 0.326 e. The second kappa shape index (κ2) is 8.15. The number of para-hydroxylation sites is 1. The van der Waals surface area contributed by atoms with Crippen LogP contribution in [0.5, 0.6) is 0 Å². The summed E-state index contributed by atoms with van der Waals surface area (Å²) in [6.07, 6.45) is -5.01. The number of rotatable bonds is 5. The van der Waals surface area contributed by atoms with E-state index in [-0.39, 0.29) is 24.3 Å². The highest BCUT2D eigenvalue weighted by Gasteiger charge is 2.35. The van der Waals surface area contributed by atoms with E-state index in [1.54, 1.807) is 0 Å². The first kappa shape index (κ1) is 20.3. The molecule has 0 radical (unpaired) electrons. The topological polar surface area (TPSA) is 49.4 Å². The average Bonchev–Trinajstić information content (AvgIpc) is 2.57. The van der Waals surface area contributed by atoms with Crippen LogP contribution < -0.4 is 10.2 Å². The fraction of sp³-hybridized carbons (Fsp3) is 0.222. The highest BCUT2D eigenvalue weighted by molar-refractivity contribution is 5.95. The molecule has 0 spiro atoms. The zero-order valence-electron chi connectivity index (χ0n) is 14.1. The van der Waals surface area contributed by atoms with Crippen LogP contribution in [0, 0.1) is 11.6 Å². The van der Waals surface area contributed by atoms with Crippen LogP contribution in [0.4, 0.5) is 33.3 Å². The summed E-state index contributed by atoms with van der Waals surface area (Å²) in [6.45, 7) is 0.762. The Morgan fingerprint density at radius 2 is 1.70 bits per heavy atom. The van der Waals surface area contributed by atoms with Crippen LogP contribution in [0.3, 0.4) is 0 Å². The zero-order chi connectivity index (χ0) is 20.2. The largest absolute Gasteiger partial charge is 0.418 e. The molecule has 4 nitrogen and oxygen atoms in total. The molecule has 2 aromatic carbocycles. The first-order valence-corrected chi connectivity index (χ1v) is 7.79. The molecular formula is C18H15F5N2O2. The normalized spacial score (nSPS) is 11.2. The maximum Gasteiger partial charge on any atom is 0.418 e. The van der Waals surface area contributed by atoms with Crippen molar-refractivity contribution >= 4 is 23.2 Å². The molecule has 0 aliphatic rings. The molecule has 0 aliphatic carbocycles. The number of benzene rings is 2. The number of carbonyl (C=O) groups is 2. The lowest BCUT2D eigenvalue weighted by molar-refractivity contribution is -0.137. The molecule has 144 valence electrons. The summed E-state index contributed by atoms with van der Waals surface area (Å²) in [5.41, 5.74) is -1.37. The van der Waals surface area contributed by atoms with Gasteiger partial charge in [-0.15, -0.1) is 0 Å². The van der Waals surface area contributed by atoms with E-state index in [2.05, 4.69) is 5.32 Å². The van der Waals surface area contributed by atoms with E-state index < -0.39 is 35.2 Å². The van der Waals surface area contributed by atoms with Crippen molar-refractivity contribution in [2.45, 2.75) is 19.5 Å². The summed E-state index contributed by atoms with van der Waals surface area (Å²) in [4.78, 5) is 24.6. The van der Waals surface area contributed by atoms with E-state index in [0.29, 0.717) is 0 Å². The highest BCUT2D eigenvalue weighted by atomic mass is 19.4. The Kier molecular flexibility index (Phi) is 6.14. The number of anilines is 2. The van der Waals surface area contributed by atoms with E-state index in [1.807, 2.05) is 0 Å². The molecule has 1 N–H and O–H groups in total. The van der Waals surface area contributed by atoms with Gasteiger partial charge < -0.3 is 10.2 Å². The second-order valence-corrected chi connectivity index (χ2v) is 5.61. The zero-order valence-corrected chi connectivity index (χ0v) is 14.1. The summed E-state index contributed by atoms with van der Waals surface area (Å²) in [6, 6.07) is 7.26. The standard InChI is InChI=1S/C18H15F5N2O2/c1-11(26)25(16-5-3-2-4-13(16)18(21,22)23)9-8-17(27)24-12-6-7-14(19)15(20)10-12/h2-7,10H,8-9H2,1H3,(H,24,27). The summed E-state index contributed by atoms with van der Waals surface area (Å²) in [7, 11) is 0. The van der Waals surface area contributed by atoms with Gasteiger partial charge in [0.05, 0.1) is 11.3 Å². The number of nitrogens with one attached hydrogen (secondary N) is 1. The third kappa shape index (κ3) is 5.25. The Balaban J connectivity index is 2.12. The van der Waals surface area contributed by atoms with Crippen LogP contribution in [-0.2, 0) is 15.8 Å². The number of amides is 2. The molecule has 9 heteroatoms. The van der Waals surface area contributed by atoms with Gasteiger partial charge in [0.1, 0.15) is 0 Å². The Hall–Kier alpha value is -2.97. The molecule has 2 rings (SSSR count). The number of halogens is 5. The molecule has 0 aromatic heterocycles. The fourth-order valence-electron chi connectivity index (χ4n) is 2.41. The third-order valence-corrected chi connectivity index (χ3v) is 3.65. The van der Waals surface area contributed by atoms with Crippen LogP contribution in [0.15, 0.2) is 42.5 Å². The fourth-order valence-corrected chi connectivity index (χ4v) is 2.41. The van der Waals surface area contributed by atoms with E-state index in [0.717, 1.165) is 42.2 Å². The van der Waals surface area contributed by atoms with Crippen LogP contribution in [0.2, 0.25) is 0 Å². The summed E-state index contributed by atoms with van der Waals surface area (Å²) in [5.74, 6) is -3.58. The van der Waals surface area contributed by atoms with Crippen molar-refractivity contribution in [3.05, 3.63) is 59.7 Å².